The third-order valence-electron chi connectivity index (χ3n) is 5.26. The van der Waals surface area contributed by atoms with E-state index in [9.17, 15) is 17.2 Å². The molecule has 28 heavy (non-hydrogen) atoms. The molecule has 9 heteroatoms. The lowest BCUT2D eigenvalue weighted by Crippen LogP contribution is -2.11. The molecule has 0 spiro atoms. The second-order valence-electron chi connectivity index (χ2n) is 7.46. The van der Waals surface area contributed by atoms with Gasteiger partial charge < -0.3 is 0 Å². The van der Waals surface area contributed by atoms with Gasteiger partial charge >= 0.3 is 0 Å². The number of hydrogen-bond donors (Lipinski definition) is 1. The normalized spacial score (nSPS) is 20.9. The summed E-state index contributed by atoms with van der Waals surface area (Å²) in [6, 6.07) is 9.88. The lowest BCUT2D eigenvalue weighted by molar-refractivity contribution is 0.585. The number of nitrogens with zero attached hydrogens (tertiary/aromatic N) is 2. The van der Waals surface area contributed by atoms with E-state index in [1.807, 2.05) is 0 Å². The predicted octanol–water partition coefficient (Wildman–Crippen LogP) is 4.04. The summed E-state index contributed by atoms with van der Waals surface area (Å²) in [7, 11) is -3.74. The Kier molecular flexibility index (Phi) is 4.36. The van der Waals surface area contributed by atoms with Crippen LogP contribution in [0.2, 0.25) is 0 Å². The van der Waals surface area contributed by atoms with E-state index in [0.717, 1.165) is 16.6 Å². The minimum absolute atomic E-state index is 0.0660. The van der Waals surface area contributed by atoms with E-state index in [2.05, 4.69) is 24.0 Å². The molecular weight excluding hydrogens is 404 g/mol. The third-order valence-corrected chi connectivity index (χ3v) is 7.23. The number of aromatic nitrogens is 2. The average molecular weight is 421 g/mol. The van der Waals surface area contributed by atoms with Crippen molar-refractivity contribution in [2.45, 2.75) is 30.6 Å². The molecular formula is C19H17F2N3O2S2. The molecule has 146 valence electrons. The molecule has 1 aliphatic carbocycles. The topological polar surface area (TPSA) is 85.9 Å². The van der Waals surface area contributed by atoms with Crippen molar-refractivity contribution in [2.24, 2.45) is 10.6 Å². The van der Waals surface area contributed by atoms with Gasteiger partial charge in [-0.25, -0.2) is 22.3 Å². The van der Waals surface area contributed by atoms with Crippen LogP contribution in [0.5, 0.6) is 0 Å². The average Bonchev–Trinajstić information content (AvgIpc) is 2.95. The number of hydrogen-bond acceptors (Lipinski definition) is 5. The first-order valence-corrected chi connectivity index (χ1v) is 10.9. The van der Waals surface area contributed by atoms with Gasteiger partial charge in [-0.3, -0.25) is 0 Å². The van der Waals surface area contributed by atoms with Crippen molar-refractivity contribution >= 4 is 21.4 Å². The van der Waals surface area contributed by atoms with Gasteiger partial charge in [0.15, 0.2) is 5.01 Å². The van der Waals surface area contributed by atoms with Gasteiger partial charge in [-0.1, -0.05) is 37.3 Å². The van der Waals surface area contributed by atoms with Gasteiger partial charge in [0.25, 0.3) is 0 Å². The maximum Gasteiger partial charge on any atom is 0.238 e. The van der Waals surface area contributed by atoms with E-state index < -0.39 is 21.7 Å². The third kappa shape index (κ3) is 3.23. The van der Waals surface area contributed by atoms with Crippen molar-refractivity contribution in [3.05, 3.63) is 64.7 Å². The quantitative estimate of drug-likeness (QED) is 0.689. The minimum Gasteiger partial charge on any atom is -0.225 e. The summed E-state index contributed by atoms with van der Waals surface area (Å²) in [6.07, 6.45) is 0. The molecule has 2 atom stereocenters. The summed E-state index contributed by atoms with van der Waals surface area (Å²) in [5, 5.41) is 14.6. The summed E-state index contributed by atoms with van der Waals surface area (Å²) in [4.78, 5) is 0.0660. The molecule has 1 aliphatic rings. The molecule has 0 aliphatic heterocycles. The zero-order chi connectivity index (χ0) is 20.3. The van der Waals surface area contributed by atoms with Crippen molar-refractivity contribution < 1.29 is 17.2 Å². The van der Waals surface area contributed by atoms with Crippen LogP contribution in [0.3, 0.4) is 0 Å². The molecule has 1 aromatic heterocycles. The molecule has 1 unspecified atom stereocenters. The highest BCUT2D eigenvalue weighted by Crippen LogP contribution is 2.70. The zero-order valence-corrected chi connectivity index (χ0v) is 16.7. The van der Waals surface area contributed by atoms with Crippen LogP contribution in [-0.2, 0) is 10.0 Å². The SMILES string of the molecule is CC1(C)C(c2nnc(-c3ccc(F)cc3F)s2)[C@H]1c1ccc(S(N)(=O)=O)cc1. The number of rotatable bonds is 4. The molecule has 2 aromatic carbocycles. The Bertz CT molecular complexity index is 1160. The van der Waals surface area contributed by atoms with Gasteiger partial charge in [-0.15, -0.1) is 10.2 Å². The summed E-state index contributed by atoms with van der Waals surface area (Å²) in [5.41, 5.74) is 1.09. The monoisotopic (exact) mass is 421 g/mol. The van der Waals surface area contributed by atoms with Crippen molar-refractivity contribution in [1.82, 2.24) is 10.2 Å². The van der Waals surface area contributed by atoms with E-state index in [0.29, 0.717) is 5.01 Å². The molecule has 5 nitrogen and oxygen atoms in total. The van der Waals surface area contributed by atoms with E-state index in [4.69, 9.17) is 5.14 Å². The number of nitrogens with two attached hydrogens (primary N) is 1. The number of halogens is 2. The Morgan fingerprint density at radius 3 is 2.32 bits per heavy atom. The zero-order valence-electron chi connectivity index (χ0n) is 15.1. The van der Waals surface area contributed by atoms with Crippen LogP contribution in [0.4, 0.5) is 8.78 Å². The lowest BCUT2D eigenvalue weighted by Gasteiger charge is -2.04. The molecule has 4 rings (SSSR count). The van der Waals surface area contributed by atoms with Crippen LogP contribution in [0.25, 0.3) is 10.6 Å². The molecule has 1 saturated carbocycles. The molecule has 2 N–H and O–H groups in total. The van der Waals surface area contributed by atoms with Gasteiger partial charge in [-0.05, 0) is 41.2 Å². The van der Waals surface area contributed by atoms with Gasteiger partial charge in [-0.2, -0.15) is 0 Å². The summed E-state index contributed by atoms with van der Waals surface area (Å²) in [6.45, 7) is 4.19. The Morgan fingerprint density at radius 2 is 1.71 bits per heavy atom. The Hall–Kier alpha value is -2.23. The summed E-state index contributed by atoms with van der Waals surface area (Å²) < 4.78 is 50.0. The highest BCUT2D eigenvalue weighted by molar-refractivity contribution is 7.89. The standard InChI is InChI=1S/C19H17F2N3O2S2/c1-19(2)15(10-3-6-12(7-4-10)28(22,25)26)16(19)18-24-23-17(27-18)13-8-5-11(20)9-14(13)21/h3-9,15-16H,1-2H3,(H2,22,25,26)/t15-,16?/m1/s1. The minimum atomic E-state index is -3.74. The lowest BCUT2D eigenvalue weighted by atomic mass is 10.0. The van der Waals surface area contributed by atoms with E-state index in [1.165, 1.54) is 35.6 Å². The summed E-state index contributed by atoms with van der Waals surface area (Å²) >= 11 is 1.28. The molecule has 0 bridgehead atoms. The van der Waals surface area contributed by atoms with E-state index in [1.54, 1.807) is 12.1 Å². The molecule has 1 heterocycles. The molecule has 1 fully saturated rings. The van der Waals surface area contributed by atoms with Gasteiger partial charge in [0.2, 0.25) is 10.0 Å². The second kappa shape index (κ2) is 6.40. The largest absolute Gasteiger partial charge is 0.238 e. The van der Waals surface area contributed by atoms with Gasteiger partial charge in [0.05, 0.1) is 4.90 Å². The van der Waals surface area contributed by atoms with Gasteiger partial charge in [0.1, 0.15) is 16.6 Å². The van der Waals surface area contributed by atoms with Crippen LogP contribution in [0, 0.1) is 17.0 Å². The smallest absolute Gasteiger partial charge is 0.225 e. The second-order valence-corrected chi connectivity index (χ2v) is 10.0. The molecule has 3 aromatic rings. The van der Waals surface area contributed by atoms with Crippen molar-refractivity contribution in [1.29, 1.82) is 0 Å². The van der Waals surface area contributed by atoms with Crippen molar-refractivity contribution in [3.63, 3.8) is 0 Å². The van der Waals surface area contributed by atoms with Crippen LogP contribution in [0.15, 0.2) is 47.4 Å². The van der Waals surface area contributed by atoms with Crippen molar-refractivity contribution in [3.8, 4) is 10.6 Å². The first kappa shape index (κ1) is 19.1. The highest BCUT2D eigenvalue weighted by Gasteiger charge is 2.60. The predicted molar refractivity (Wildman–Crippen MR) is 102 cm³/mol. The molecule has 0 saturated heterocycles. The van der Waals surface area contributed by atoms with Crippen LogP contribution >= 0.6 is 11.3 Å². The van der Waals surface area contributed by atoms with Gasteiger partial charge in [0, 0.05) is 17.5 Å². The van der Waals surface area contributed by atoms with Crippen LogP contribution < -0.4 is 5.14 Å². The van der Waals surface area contributed by atoms with E-state index >= 15 is 0 Å². The fraction of sp³-hybridized carbons (Fsp3) is 0.263. The van der Waals surface area contributed by atoms with Crippen molar-refractivity contribution in [2.75, 3.05) is 0 Å². The highest BCUT2D eigenvalue weighted by atomic mass is 32.2. The fourth-order valence-corrected chi connectivity index (χ4v) is 5.44. The first-order chi connectivity index (χ1) is 13.1. The van der Waals surface area contributed by atoms with E-state index in [-0.39, 0.29) is 27.7 Å². The fourth-order valence-electron chi connectivity index (χ4n) is 3.72. The maximum absolute atomic E-state index is 14.0. The number of benzene rings is 2. The maximum atomic E-state index is 14.0. The molecule has 0 amide bonds. The Labute approximate surface area is 165 Å². The van der Waals surface area contributed by atoms with Crippen LogP contribution in [0.1, 0.15) is 36.3 Å². The van der Waals surface area contributed by atoms with Crippen LogP contribution in [-0.4, -0.2) is 18.6 Å². The number of sulfonamides is 1. The Balaban J connectivity index is 1.63. The summed E-state index contributed by atoms with van der Waals surface area (Å²) in [5.74, 6) is -1.12. The Morgan fingerprint density at radius 1 is 1.04 bits per heavy atom. The number of primary sulfonamides is 1. The first-order valence-electron chi connectivity index (χ1n) is 8.50. The molecule has 0 radical (unpaired) electrons.